The third kappa shape index (κ3) is 3.09. The summed E-state index contributed by atoms with van der Waals surface area (Å²) < 4.78 is 0. The van der Waals surface area contributed by atoms with E-state index in [9.17, 15) is 0 Å². The van der Waals surface area contributed by atoms with Crippen LogP contribution in [0.3, 0.4) is 0 Å². The summed E-state index contributed by atoms with van der Waals surface area (Å²) in [6.07, 6.45) is 11.7. The molecule has 1 rings (SSSR count). The lowest BCUT2D eigenvalue weighted by Crippen LogP contribution is -2.09. The molecule has 0 unspecified atom stereocenters. The average molecular weight is 152 g/mol. The Morgan fingerprint density at radius 2 is 1.82 bits per heavy atom. The van der Waals surface area contributed by atoms with E-state index < -0.39 is 0 Å². The van der Waals surface area contributed by atoms with Crippen LogP contribution in [-0.4, -0.2) is 0 Å². The lowest BCUT2D eigenvalue weighted by atomic mass is 9.83. The molecule has 0 aromatic carbocycles. The molecule has 0 radical (unpaired) electrons. The van der Waals surface area contributed by atoms with Crippen LogP contribution in [0.15, 0.2) is 12.2 Å². The first kappa shape index (κ1) is 8.83. The second kappa shape index (κ2) is 4.58. The molecule has 0 aromatic heterocycles. The summed E-state index contributed by atoms with van der Waals surface area (Å²) in [5, 5.41) is 0. The standard InChI is InChI=1S/C11H20/c1-3-4-5-11-8-6-10(2)7-9-11/h4-5,10-11H,3,6-9H2,1-2H3. The van der Waals surface area contributed by atoms with E-state index in [0.29, 0.717) is 0 Å². The number of hydrogen-bond donors (Lipinski definition) is 0. The molecule has 1 aliphatic rings. The van der Waals surface area contributed by atoms with Crippen molar-refractivity contribution in [2.75, 3.05) is 0 Å². The lowest BCUT2D eigenvalue weighted by molar-refractivity contribution is 0.330. The lowest BCUT2D eigenvalue weighted by Gasteiger charge is -2.23. The maximum atomic E-state index is 2.42. The first-order valence-electron chi connectivity index (χ1n) is 4.99. The smallest absolute Gasteiger partial charge is 0.0233 e. The zero-order valence-corrected chi connectivity index (χ0v) is 7.84. The van der Waals surface area contributed by atoms with Gasteiger partial charge in [-0.3, -0.25) is 0 Å². The van der Waals surface area contributed by atoms with Gasteiger partial charge in [-0.15, -0.1) is 0 Å². The van der Waals surface area contributed by atoms with Gasteiger partial charge in [-0.05, 0) is 31.1 Å². The van der Waals surface area contributed by atoms with Crippen LogP contribution in [0, 0.1) is 11.8 Å². The van der Waals surface area contributed by atoms with Gasteiger partial charge in [0.05, 0.1) is 0 Å². The van der Waals surface area contributed by atoms with Gasteiger partial charge >= 0.3 is 0 Å². The van der Waals surface area contributed by atoms with Crippen LogP contribution >= 0.6 is 0 Å². The molecule has 1 aliphatic carbocycles. The first-order chi connectivity index (χ1) is 5.33. The predicted molar refractivity (Wildman–Crippen MR) is 50.6 cm³/mol. The normalized spacial score (nSPS) is 32.9. The monoisotopic (exact) mass is 152 g/mol. The highest BCUT2D eigenvalue weighted by Crippen LogP contribution is 2.28. The van der Waals surface area contributed by atoms with Crippen molar-refractivity contribution in [3.05, 3.63) is 12.2 Å². The zero-order valence-electron chi connectivity index (χ0n) is 7.84. The third-order valence-electron chi connectivity index (χ3n) is 2.70. The first-order valence-corrected chi connectivity index (χ1v) is 4.99. The molecule has 1 saturated carbocycles. The van der Waals surface area contributed by atoms with Gasteiger partial charge < -0.3 is 0 Å². The molecule has 0 heteroatoms. The minimum Gasteiger partial charge on any atom is -0.0885 e. The molecular weight excluding hydrogens is 132 g/mol. The summed E-state index contributed by atoms with van der Waals surface area (Å²) in [5.74, 6) is 1.90. The van der Waals surface area contributed by atoms with Crippen LogP contribution in [0.5, 0.6) is 0 Å². The maximum absolute atomic E-state index is 2.42. The maximum Gasteiger partial charge on any atom is -0.0233 e. The van der Waals surface area contributed by atoms with E-state index in [1.54, 1.807) is 0 Å². The van der Waals surface area contributed by atoms with Gasteiger partial charge in [0.15, 0.2) is 0 Å². The van der Waals surface area contributed by atoms with Crippen molar-refractivity contribution in [2.45, 2.75) is 46.0 Å². The molecule has 0 aliphatic heterocycles. The van der Waals surface area contributed by atoms with Gasteiger partial charge in [0.1, 0.15) is 0 Å². The number of hydrogen-bond acceptors (Lipinski definition) is 0. The third-order valence-corrected chi connectivity index (χ3v) is 2.70. The fraction of sp³-hybridized carbons (Fsp3) is 0.818. The topological polar surface area (TPSA) is 0 Å². The summed E-state index contributed by atoms with van der Waals surface area (Å²) in [5.41, 5.74) is 0. The molecule has 11 heavy (non-hydrogen) atoms. The molecule has 0 saturated heterocycles. The number of rotatable bonds is 2. The number of allylic oxidation sites excluding steroid dienone is 2. The van der Waals surface area contributed by atoms with Crippen molar-refractivity contribution in [1.82, 2.24) is 0 Å². The second-order valence-corrected chi connectivity index (χ2v) is 3.86. The molecule has 0 bridgehead atoms. The summed E-state index contributed by atoms with van der Waals surface area (Å²) in [7, 11) is 0. The average Bonchev–Trinajstić information content (AvgIpc) is 2.04. The molecular formula is C11H20. The fourth-order valence-corrected chi connectivity index (χ4v) is 1.81. The summed E-state index contributed by atoms with van der Waals surface area (Å²) in [6, 6.07) is 0. The molecule has 0 atom stereocenters. The Morgan fingerprint density at radius 1 is 1.18 bits per heavy atom. The van der Waals surface area contributed by atoms with Crippen molar-refractivity contribution in [2.24, 2.45) is 11.8 Å². The highest BCUT2D eigenvalue weighted by Gasteiger charge is 2.14. The van der Waals surface area contributed by atoms with E-state index in [-0.39, 0.29) is 0 Å². The van der Waals surface area contributed by atoms with Crippen molar-refractivity contribution < 1.29 is 0 Å². The van der Waals surface area contributed by atoms with E-state index in [4.69, 9.17) is 0 Å². The van der Waals surface area contributed by atoms with Crippen molar-refractivity contribution >= 4 is 0 Å². The summed E-state index contributed by atoms with van der Waals surface area (Å²) in [6.45, 7) is 4.59. The van der Waals surface area contributed by atoms with Crippen molar-refractivity contribution in [3.63, 3.8) is 0 Å². The van der Waals surface area contributed by atoms with Crippen LogP contribution in [0.1, 0.15) is 46.0 Å². The highest BCUT2D eigenvalue weighted by atomic mass is 14.2. The molecule has 0 N–H and O–H groups in total. The summed E-state index contributed by atoms with van der Waals surface area (Å²) in [4.78, 5) is 0. The molecule has 1 fully saturated rings. The Hall–Kier alpha value is -0.260. The zero-order chi connectivity index (χ0) is 8.10. The SMILES string of the molecule is CCC=CC1CCC(C)CC1. The predicted octanol–water partition coefficient (Wildman–Crippen LogP) is 3.78. The molecule has 0 aromatic rings. The van der Waals surface area contributed by atoms with E-state index >= 15 is 0 Å². The largest absolute Gasteiger partial charge is 0.0885 e. The summed E-state index contributed by atoms with van der Waals surface area (Å²) >= 11 is 0. The molecule has 0 nitrogen and oxygen atoms in total. The van der Waals surface area contributed by atoms with E-state index in [1.807, 2.05) is 0 Å². The fourth-order valence-electron chi connectivity index (χ4n) is 1.81. The Morgan fingerprint density at radius 3 is 2.36 bits per heavy atom. The van der Waals surface area contributed by atoms with Crippen LogP contribution in [0.4, 0.5) is 0 Å². The Labute approximate surface area is 70.7 Å². The van der Waals surface area contributed by atoms with Crippen LogP contribution in [0.25, 0.3) is 0 Å². The Kier molecular flexibility index (Phi) is 3.68. The van der Waals surface area contributed by atoms with Gasteiger partial charge in [-0.2, -0.15) is 0 Å². The minimum absolute atomic E-state index is 0.908. The van der Waals surface area contributed by atoms with Crippen molar-refractivity contribution in [3.8, 4) is 0 Å². The second-order valence-electron chi connectivity index (χ2n) is 3.86. The Bertz CT molecular complexity index is 116. The van der Waals surface area contributed by atoms with Gasteiger partial charge in [-0.25, -0.2) is 0 Å². The van der Waals surface area contributed by atoms with E-state index in [2.05, 4.69) is 26.0 Å². The minimum atomic E-state index is 0.908. The molecule has 64 valence electrons. The van der Waals surface area contributed by atoms with Gasteiger partial charge in [0, 0.05) is 0 Å². The Balaban J connectivity index is 2.22. The quantitative estimate of drug-likeness (QED) is 0.528. The van der Waals surface area contributed by atoms with Crippen molar-refractivity contribution in [1.29, 1.82) is 0 Å². The van der Waals surface area contributed by atoms with E-state index in [0.717, 1.165) is 11.8 Å². The molecule has 0 heterocycles. The van der Waals surface area contributed by atoms with E-state index in [1.165, 1.54) is 32.1 Å². The van der Waals surface area contributed by atoms with Gasteiger partial charge in [-0.1, -0.05) is 38.8 Å². The van der Waals surface area contributed by atoms with Crippen LogP contribution in [-0.2, 0) is 0 Å². The molecule has 0 amide bonds. The van der Waals surface area contributed by atoms with Crippen LogP contribution in [0.2, 0.25) is 0 Å². The molecule has 0 spiro atoms. The highest BCUT2D eigenvalue weighted by molar-refractivity contribution is 4.89. The van der Waals surface area contributed by atoms with Crippen LogP contribution < -0.4 is 0 Å². The van der Waals surface area contributed by atoms with Gasteiger partial charge in [0.2, 0.25) is 0 Å². The van der Waals surface area contributed by atoms with Gasteiger partial charge in [0.25, 0.3) is 0 Å².